The molecule has 148 valence electrons. The van der Waals surface area contributed by atoms with E-state index in [1.165, 1.54) is 10.8 Å². The van der Waals surface area contributed by atoms with Crippen molar-refractivity contribution in [3.63, 3.8) is 0 Å². The Balaban J connectivity index is 2.40. The Bertz CT molecular complexity index is 764. The highest BCUT2D eigenvalue weighted by Gasteiger charge is 2.53. The molecule has 0 bridgehead atoms. The van der Waals surface area contributed by atoms with Crippen LogP contribution in [0, 0.1) is 6.92 Å². The van der Waals surface area contributed by atoms with Gasteiger partial charge in [-0.15, -0.1) is 11.6 Å². The van der Waals surface area contributed by atoms with Crippen LogP contribution in [0.25, 0.3) is 0 Å². The summed E-state index contributed by atoms with van der Waals surface area (Å²) in [5.74, 6) is 0.0381. The van der Waals surface area contributed by atoms with Gasteiger partial charge in [-0.1, -0.05) is 20.8 Å². The van der Waals surface area contributed by atoms with E-state index in [1.54, 1.807) is 6.92 Å². The third-order valence-electron chi connectivity index (χ3n) is 5.57. The minimum atomic E-state index is -2.15. The van der Waals surface area contributed by atoms with Crippen molar-refractivity contribution in [1.82, 2.24) is 9.55 Å². The SMILES string of the molecule is Cc1cn([C@H]2CC(O[Si](C)(C)C(C)(C)C)[C@](CO)(CCl)O2)c(=O)[nH]c1=O. The Morgan fingerprint density at radius 1 is 1.46 bits per heavy atom. The molecule has 1 unspecified atom stereocenters. The summed E-state index contributed by atoms with van der Waals surface area (Å²) >= 11 is 6.16. The van der Waals surface area contributed by atoms with Crippen LogP contribution in [0.1, 0.15) is 39.0 Å². The Hall–Kier alpha value is -0.933. The van der Waals surface area contributed by atoms with Gasteiger partial charge in [0.2, 0.25) is 0 Å². The second kappa shape index (κ2) is 7.24. The van der Waals surface area contributed by atoms with Crippen LogP contribution in [-0.2, 0) is 9.16 Å². The van der Waals surface area contributed by atoms with Crippen LogP contribution in [-0.4, -0.2) is 47.2 Å². The summed E-state index contributed by atoms with van der Waals surface area (Å²) in [4.78, 5) is 26.1. The minimum absolute atomic E-state index is 0.0238. The van der Waals surface area contributed by atoms with Gasteiger partial charge in [-0.05, 0) is 25.1 Å². The molecule has 26 heavy (non-hydrogen) atoms. The molecule has 1 aromatic heterocycles. The van der Waals surface area contributed by atoms with Crippen LogP contribution in [0.5, 0.6) is 0 Å². The van der Waals surface area contributed by atoms with Gasteiger partial charge in [0.15, 0.2) is 8.32 Å². The number of alkyl halides is 1. The number of aliphatic hydroxyl groups excluding tert-OH is 1. The smallest absolute Gasteiger partial charge is 0.330 e. The van der Waals surface area contributed by atoms with E-state index in [-0.39, 0.29) is 17.5 Å². The number of nitrogens with zero attached hydrogens (tertiary/aromatic N) is 1. The van der Waals surface area contributed by atoms with Gasteiger partial charge in [0, 0.05) is 18.2 Å². The maximum absolute atomic E-state index is 12.2. The van der Waals surface area contributed by atoms with Gasteiger partial charge >= 0.3 is 5.69 Å². The van der Waals surface area contributed by atoms with E-state index in [0.29, 0.717) is 12.0 Å². The van der Waals surface area contributed by atoms with Gasteiger partial charge in [-0.3, -0.25) is 14.3 Å². The molecule has 2 rings (SSSR count). The Kier molecular flexibility index (Phi) is 5.95. The van der Waals surface area contributed by atoms with Crippen molar-refractivity contribution in [3.8, 4) is 0 Å². The molecule has 0 saturated carbocycles. The van der Waals surface area contributed by atoms with Crippen molar-refractivity contribution in [2.45, 2.75) is 70.2 Å². The number of nitrogens with one attached hydrogen (secondary N) is 1. The Morgan fingerprint density at radius 3 is 2.58 bits per heavy atom. The standard InChI is InChI=1S/C17H29ClN2O5Si/c1-11-8-20(15(23)19-14(11)22)13-7-12(17(9-18,10-21)24-13)25-26(5,6)16(2,3)4/h8,12-13,21H,7,9-10H2,1-6H3,(H,19,22,23)/t12?,13-,17-/m1/s1. The number of halogens is 1. The van der Waals surface area contributed by atoms with E-state index < -0.39 is 37.5 Å². The van der Waals surface area contributed by atoms with Crippen molar-refractivity contribution in [3.05, 3.63) is 32.6 Å². The van der Waals surface area contributed by atoms with E-state index in [9.17, 15) is 14.7 Å². The summed E-state index contributed by atoms with van der Waals surface area (Å²) in [5.41, 5.74) is -1.67. The number of rotatable bonds is 5. The predicted octanol–water partition coefficient (Wildman–Crippen LogP) is 2.12. The highest BCUT2D eigenvalue weighted by molar-refractivity contribution is 6.74. The average molecular weight is 405 g/mol. The molecule has 0 spiro atoms. The normalized spacial score (nSPS) is 27.1. The number of aliphatic hydroxyl groups is 1. The fraction of sp³-hybridized carbons (Fsp3) is 0.765. The van der Waals surface area contributed by atoms with Crippen molar-refractivity contribution in [2.75, 3.05) is 12.5 Å². The van der Waals surface area contributed by atoms with Crippen LogP contribution >= 0.6 is 11.6 Å². The molecule has 0 aromatic carbocycles. The first-order valence-electron chi connectivity index (χ1n) is 8.71. The molecule has 3 atom stereocenters. The van der Waals surface area contributed by atoms with E-state index in [0.717, 1.165) is 0 Å². The highest BCUT2D eigenvalue weighted by atomic mass is 35.5. The highest BCUT2D eigenvalue weighted by Crippen LogP contribution is 2.44. The molecule has 1 aliphatic rings. The van der Waals surface area contributed by atoms with Crippen LogP contribution < -0.4 is 11.2 Å². The third kappa shape index (κ3) is 3.84. The number of H-pyrrole nitrogens is 1. The summed E-state index contributed by atoms with van der Waals surface area (Å²) in [5, 5.41) is 9.98. The number of ether oxygens (including phenoxy) is 1. The zero-order chi connectivity index (χ0) is 19.9. The van der Waals surface area contributed by atoms with Crippen molar-refractivity contribution >= 4 is 19.9 Å². The molecule has 1 aromatic rings. The molecule has 7 nitrogen and oxygen atoms in total. The molecular formula is C17H29ClN2O5Si. The van der Waals surface area contributed by atoms with E-state index in [1.807, 2.05) is 0 Å². The zero-order valence-corrected chi connectivity index (χ0v) is 18.0. The fourth-order valence-corrected chi connectivity index (χ4v) is 4.45. The number of hydrogen-bond acceptors (Lipinski definition) is 5. The van der Waals surface area contributed by atoms with E-state index in [4.69, 9.17) is 20.8 Å². The third-order valence-corrected chi connectivity index (χ3v) is 10.5. The quantitative estimate of drug-likeness (QED) is 0.579. The molecule has 1 fully saturated rings. The topological polar surface area (TPSA) is 93.6 Å². The largest absolute Gasteiger partial charge is 0.411 e. The number of aromatic amines is 1. The van der Waals surface area contributed by atoms with Crippen LogP contribution in [0.3, 0.4) is 0 Å². The Morgan fingerprint density at radius 2 is 2.08 bits per heavy atom. The summed E-state index contributed by atoms with van der Waals surface area (Å²) in [7, 11) is -2.15. The van der Waals surface area contributed by atoms with Gasteiger partial charge in [0.05, 0.1) is 18.6 Å². The van der Waals surface area contributed by atoms with E-state index >= 15 is 0 Å². The molecule has 0 aliphatic carbocycles. The van der Waals surface area contributed by atoms with Gasteiger partial charge in [-0.25, -0.2) is 4.79 Å². The van der Waals surface area contributed by atoms with Crippen molar-refractivity contribution in [1.29, 1.82) is 0 Å². The van der Waals surface area contributed by atoms with Crippen LogP contribution in [0.2, 0.25) is 18.1 Å². The average Bonchev–Trinajstić information content (AvgIpc) is 2.88. The summed E-state index contributed by atoms with van der Waals surface area (Å²) in [6.07, 6.45) is 0.719. The minimum Gasteiger partial charge on any atom is -0.411 e. The molecular weight excluding hydrogens is 376 g/mol. The molecule has 1 aliphatic heterocycles. The summed E-state index contributed by atoms with van der Waals surface area (Å²) < 4.78 is 13.9. The van der Waals surface area contributed by atoms with Gasteiger partial charge in [-0.2, -0.15) is 0 Å². The van der Waals surface area contributed by atoms with Gasteiger partial charge in [0.25, 0.3) is 5.56 Å². The number of aromatic nitrogens is 2. The number of aryl methyl sites for hydroxylation is 1. The molecule has 2 N–H and O–H groups in total. The lowest BCUT2D eigenvalue weighted by atomic mass is 10.0. The first-order valence-corrected chi connectivity index (χ1v) is 12.2. The predicted molar refractivity (Wildman–Crippen MR) is 103 cm³/mol. The second-order valence-corrected chi connectivity index (χ2v) is 13.5. The monoisotopic (exact) mass is 404 g/mol. The molecule has 1 saturated heterocycles. The van der Waals surface area contributed by atoms with Crippen molar-refractivity contribution in [2.24, 2.45) is 0 Å². The second-order valence-electron chi connectivity index (χ2n) is 8.51. The molecule has 9 heteroatoms. The maximum Gasteiger partial charge on any atom is 0.330 e. The summed E-state index contributed by atoms with van der Waals surface area (Å²) in [6, 6.07) is 0. The van der Waals surface area contributed by atoms with Gasteiger partial charge < -0.3 is 14.3 Å². The Labute approximate surface area is 159 Å². The lowest BCUT2D eigenvalue weighted by Crippen LogP contribution is -2.53. The zero-order valence-electron chi connectivity index (χ0n) is 16.3. The molecule has 2 heterocycles. The van der Waals surface area contributed by atoms with Crippen LogP contribution in [0.15, 0.2) is 15.8 Å². The first-order chi connectivity index (χ1) is 11.9. The number of hydrogen-bond donors (Lipinski definition) is 2. The van der Waals surface area contributed by atoms with E-state index in [2.05, 4.69) is 38.8 Å². The first kappa shape index (κ1) is 21.4. The molecule has 0 radical (unpaired) electrons. The molecule has 0 amide bonds. The maximum atomic E-state index is 12.2. The fourth-order valence-electron chi connectivity index (χ4n) is 2.75. The summed E-state index contributed by atoms with van der Waals surface area (Å²) in [6.45, 7) is 11.9. The van der Waals surface area contributed by atoms with Crippen molar-refractivity contribution < 1.29 is 14.3 Å². The van der Waals surface area contributed by atoms with Gasteiger partial charge in [0.1, 0.15) is 11.8 Å². The van der Waals surface area contributed by atoms with Crippen LogP contribution in [0.4, 0.5) is 0 Å². The lowest BCUT2D eigenvalue weighted by molar-refractivity contribution is -0.112. The lowest BCUT2D eigenvalue weighted by Gasteiger charge is -2.42.